The minimum atomic E-state index is -1.20. The number of ether oxygens (including phenoxy) is 3. The number of methoxy groups -OCH3 is 1. The smallest absolute Gasteiger partial charge is 0.211 e. The Kier molecular flexibility index (Phi) is 14.3. The Hall–Kier alpha value is -3.43. The maximum absolute atomic E-state index is 13.2. The molecule has 57 heavy (non-hydrogen) atoms. The van der Waals surface area contributed by atoms with Crippen molar-refractivity contribution in [3.05, 3.63) is 77.4 Å². The summed E-state index contributed by atoms with van der Waals surface area (Å²) in [5, 5.41) is 47.1. The second-order valence-electron chi connectivity index (χ2n) is 16.6. The van der Waals surface area contributed by atoms with Crippen LogP contribution in [0.3, 0.4) is 0 Å². The molecule has 1 saturated heterocycles. The van der Waals surface area contributed by atoms with Gasteiger partial charge in [0.15, 0.2) is 23.5 Å². The molecule has 12 nitrogen and oxygen atoms in total. The number of allylic oxidation sites excluding steroid dienone is 4. The highest BCUT2D eigenvalue weighted by Gasteiger charge is 2.75. The number of amides is 1. The van der Waals surface area contributed by atoms with Crippen molar-refractivity contribution in [3.63, 3.8) is 0 Å². The lowest BCUT2D eigenvalue weighted by atomic mass is 9.46. The fourth-order valence-corrected chi connectivity index (χ4v) is 10.7. The molecule has 1 amide bonds. The van der Waals surface area contributed by atoms with Crippen LogP contribution < -0.4 is 15.4 Å². The van der Waals surface area contributed by atoms with E-state index in [0.717, 1.165) is 37.0 Å². The quantitative estimate of drug-likeness (QED) is 0.110. The second-order valence-corrected chi connectivity index (χ2v) is 16.6. The number of aliphatic hydroxyl groups excluding tert-OH is 3. The van der Waals surface area contributed by atoms with E-state index in [0.29, 0.717) is 37.8 Å². The van der Waals surface area contributed by atoms with E-state index in [1.54, 1.807) is 31.4 Å². The number of phenolic OH excluding ortho intramolecular Hbond substituents is 1. The first-order chi connectivity index (χ1) is 26.7. The van der Waals surface area contributed by atoms with Crippen LogP contribution in [0.4, 0.5) is 5.69 Å². The number of halogens is 1. The summed E-state index contributed by atoms with van der Waals surface area (Å²) in [4.78, 5) is 35.7. The molecule has 0 spiro atoms. The number of carbonyl (C=O) groups is 3. The molecule has 0 bridgehead atoms. The lowest BCUT2D eigenvalue weighted by Crippen LogP contribution is -2.63. The van der Waals surface area contributed by atoms with Gasteiger partial charge in [-0.3, -0.25) is 14.4 Å². The van der Waals surface area contributed by atoms with Gasteiger partial charge in [0, 0.05) is 29.3 Å². The van der Waals surface area contributed by atoms with E-state index in [9.17, 15) is 34.8 Å². The zero-order valence-corrected chi connectivity index (χ0v) is 35.2. The van der Waals surface area contributed by atoms with Gasteiger partial charge in [0.05, 0.1) is 31.1 Å². The van der Waals surface area contributed by atoms with E-state index in [4.69, 9.17) is 14.2 Å². The summed E-state index contributed by atoms with van der Waals surface area (Å²) in [5.41, 5.74) is 1.02. The van der Waals surface area contributed by atoms with E-state index in [-0.39, 0.29) is 69.2 Å². The number of phenols is 1. The topological polar surface area (TPSA) is 184 Å². The molecule has 4 fully saturated rings. The summed E-state index contributed by atoms with van der Waals surface area (Å²) in [6.07, 6.45) is 8.88. The largest absolute Gasteiger partial charge is 0.506 e. The van der Waals surface area contributed by atoms with Crippen LogP contribution in [-0.2, 0) is 30.3 Å². The predicted molar refractivity (Wildman–Crippen MR) is 220 cm³/mol. The third kappa shape index (κ3) is 8.39. The van der Waals surface area contributed by atoms with E-state index >= 15 is 0 Å². The number of carbonyl (C=O) groups excluding carboxylic acids is 3. The molecule has 6 N–H and O–H groups in total. The molecule has 1 aliphatic heterocycles. The van der Waals surface area contributed by atoms with Crippen molar-refractivity contribution in [3.8, 4) is 11.5 Å². The number of aromatic hydroxyl groups is 1. The lowest BCUT2D eigenvalue weighted by molar-refractivity contribution is -0.200. The van der Waals surface area contributed by atoms with E-state index in [2.05, 4.69) is 31.4 Å². The van der Waals surface area contributed by atoms with Crippen LogP contribution in [-0.4, -0.2) is 88.8 Å². The third-order valence-corrected chi connectivity index (χ3v) is 13.4. The van der Waals surface area contributed by atoms with Gasteiger partial charge in [0.1, 0.15) is 18.1 Å². The molecule has 2 aromatic carbocycles. The lowest BCUT2D eigenvalue weighted by Gasteiger charge is -2.59. The van der Waals surface area contributed by atoms with Gasteiger partial charge < -0.3 is 45.3 Å². The van der Waals surface area contributed by atoms with Gasteiger partial charge in [-0.1, -0.05) is 57.0 Å². The Morgan fingerprint density at radius 1 is 1.16 bits per heavy atom. The van der Waals surface area contributed by atoms with Crippen LogP contribution in [0.1, 0.15) is 83.5 Å². The van der Waals surface area contributed by atoms with E-state index in [1.165, 1.54) is 11.6 Å². The van der Waals surface area contributed by atoms with E-state index < -0.39 is 42.2 Å². The average molecular weight is 856 g/mol. The van der Waals surface area contributed by atoms with Crippen LogP contribution in [0.15, 0.2) is 66.3 Å². The highest BCUT2D eigenvalue weighted by atomic mass is 79.9. The summed E-state index contributed by atoms with van der Waals surface area (Å²) >= 11 is 0. The first-order valence-corrected chi connectivity index (χ1v) is 19.9. The maximum atomic E-state index is 13.2. The first kappa shape index (κ1) is 44.7. The molecule has 2 aromatic rings. The summed E-state index contributed by atoms with van der Waals surface area (Å²) in [7, 11) is 1.64. The minimum Gasteiger partial charge on any atom is -0.506 e. The summed E-state index contributed by atoms with van der Waals surface area (Å²) in [6, 6.07) is 12.7. The minimum absolute atomic E-state index is 0. The molecule has 11 atom stereocenters. The Balaban J connectivity index is 0.000000219. The molecule has 0 unspecified atom stereocenters. The van der Waals surface area contributed by atoms with Crippen LogP contribution in [0.25, 0.3) is 0 Å². The maximum Gasteiger partial charge on any atom is 0.211 e. The molecule has 0 aromatic heterocycles. The monoisotopic (exact) mass is 854 g/mol. The number of hydrogen-bond acceptors (Lipinski definition) is 11. The zero-order chi connectivity index (χ0) is 40.4. The normalized spacial score (nSPS) is 33.1. The molecule has 312 valence electrons. The van der Waals surface area contributed by atoms with Crippen molar-refractivity contribution in [2.45, 2.75) is 109 Å². The van der Waals surface area contributed by atoms with Crippen molar-refractivity contribution < 1.29 is 49.0 Å². The summed E-state index contributed by atoms with van der Waals surface area (Å²) in [5.74, 6) is 0.815. The Morgan fingerprint density at radius 2 is 1.89 bits per heavy atom. The number of ketones is 2. The fourth-order valence-electron chi connectivity index (χ4n) is 10.7. The Morgan fingerprint density at radius 3 is 2.56 bits per heavy atom. The number of nitrogens with one attached hydrogen (secondary N) is 2. The summed E-state index contributed by atoms with van der Waals surface area (Å²) < 4.78 is 17.8. The highest BCUT2D eigenvalue weighted by Crippen LogP contribution is 2.69. The van der Waals surface area contributed by atoms with E-state index in [1.807, 2.05) is 37.3 Å². The van der Waals surface area contributed by atoms with Gasteiger partial charge in [0.2, 0.25) is 6.41 Å². The average Bonchev–Trinajstić information content (AvgIpc) is 3.66. The number of fused-ring (bicyclic) bond motifs is 7. The molecule has 4 aliphatic carbocycles. The highest BCUT2D eigenvalue weighted by molar-refractivity contribution is 8.93. The molecule has 1 heterocycles. The molecule has 5 aliphatic rings. The molecular weight excluding hydrogens is 796 g/mol. The standard InChI is InChI=1S/C25H34O6.C19H24N2O4.BrH/c1-4-5-21-30-20-11-17-16-7-6-14-10-15(27)8-9-23(14,2)22(16)18(28)12-24(17,3)25(20,31-21)19(29)13-26;1-13(9-14-3-6-16(25-2)7-4-14)20-11-19(24)15-5-8-18(23)17(10-15)21-12-22;/h8-10,16-18,20-22,26,28H,4-7,11-13H2,1-3H3;3-8,10,12-13,19-20,23-24H,9,11H2,1-2H3,(H,21,22);1H/t16-,17-,18-,20+,21+,22+,23-,24-,25+;13-,19+;/m01./s1. The van der Waals surface area contributed by atoms with Crippen molar-refractivity contribution in [2.24, 2.45) is 28.6 Å². The summed E-state index contributed by atoms with van der Waals surface area (Å²) in [6.45, 7) is 8.09. The molecule has 0 radical (unpaired) electrons. The van der Waals surface area contributed by atoms with Gasteiger partial charge in [-0.15, -0.1) is 17.0 Å². The van der Waals surface area contributed by atoms with Crippen molar-refractivity contribution in [1.29, 1.82) is 0 Å². The number of Topliss-reactive ketones (excluding diaryl/α,β-unsaturated/α-hetero) is 1. The predicted octanol–water partition coefficient (Wildman–Crippen LogP) is 5.52. The molecule has 13 heteroatoms. The Bertz CT molecular complexity index is 1820. The molecule has 3 saturated carbocycles. The van der Waals surface area contributed by atoms with Crippen LogP contribution in [0.2, 0.25) is 0 Å². The van der Waals surface area contributed by atoms with Crippen LogP contribution >= 0.6 is 17.0 Å². The number of aliphatic hydroxyl groups is 3. The number of rotatable bonds is 13. The van der Waals surface area contributed by atoms with Gasteiger partial charge in [-0.2, -0.15) is 0 Å². The van der Waals surface area contributed by atoms with Crippen molar-refractivity contribution in [2.75, 3.05) is 25.6 Å². The number of benzene rings is 2. The van der Waals surface area contributed by atoms with Crippen LogP contribution in [0.5, 0.6) is 11.5 Å². The Labute approximate surface area is 345 Å². The molecule has 7 rings (SSSR count). The van der Waals surface area contributed by atoms with Gasteiger partial charge in [-0.05, 0) is 105 Å². The second kappa shape index (κ2) is 18.2. The number of anilines is 1. The number of hydrogen-bond donors (Lipinski definition) is 6. The van der Waals surface area contributed by atoms with Gasteiger partial charge in [0.25, 0.3) is 0 Å². The van der Waals surface area contributed by atoms with Crippen molar-refractivity contribution in [1.82, 2.24) is 5.32 Å². The molecular formula is C44H59BrN2O10. The first-order valence-electron chi connectivity index (χ1n) is 19.9. The van der Waals surface area contributed by atoms with Crippen LogP contribution in [0, 0.1) is 28.6 Å². The van der Waals surface area contributed by atoms with Gasteiger partial charge >= 0.3 is 0 Å². The fraction of sp³-hybridized carbons (Fsp3) is 0.568. The van der Waals surface area contributed by atoms with Gasteiger partial charge in [-0.25, -0.2) is 0 Å². The van der Waals surface area contributed by atoms with Crippen molar-refractivity contribution >= 4 is 40.6 Å². The SMILES string of the molecule is Br.CCC[C@@H]1O[C@@H]2C[C@H]3[C@@H]4CCC5=CC(=O)C=C[C@]5(C)[C@H]4[C@@H](O)C[C@]3(C)[C@]2(C(=O)CO)O1.COc1ccc(C[C@@H](C)NC[C@H](O)c2ccc(O)c(NC=O)c2)cc1. The zero-order valence-electron chi connectivity index (χ0n) is 33.5. The third-order valence-electron chi connectivity index (χ3n) is 13.4.